The van der Waals surface area contributed by atoms with Crippen LogP contribution in [-0.4, -0.2) is 73.9 Å². The van der Waals surface area contributed by atoms with Gasteiger partial charge in [-0.05, 0) is 85.7 Å². The standard InChI is InChI=1S/C37H42FN5O5S/c1-26-22-31(47-4)23-27(2)34(26)49(45,46)41(3)32(29-8-6-5-7-9-29)25-48-36-39-18-14-33(40-36)42-19-15-37(16-20-42)17-21-43(35(37)44)24-28-10-12-30(38)13-11-28/h5-14,18,22-23,32H,15-17,19-21,24-25H2,1-4H3. The van der Waals surface area contributed by atoms with Gasteiger partial charge in [0.25, 0.3) is 0 Å². The van der Waals surface area contributed by atoms with E-state index in [1.54, 1.807) is 58.5 Å². The number of amides is 1. The molecule has 0 aliphatic carbocycles. The number of likely N-dealkylation sites (tertiary alicyclic amines) is 1. The Balaban J connectivity index is 1.14. The van der Waals surface area contributed by atoms with Crippen LogP contribution in [-0.2, 0) is 21.4 Å². The minimum absolute atomic E-state index is 0.0149. The summed E-state index contributed by atoms with van der Waals surface area (Å²) in [4.78, 5) is 26.8. The Hall–Kier alpha value is -4.55. The summed E-state index contributed by atoms with van der Waals surface area (Å²) >= 11 is 0. The fourth-order valence-electron chi connectivity index (χ4n) is 7.05. The van der Waals surface area contributed by atoms with Crippen LogP contribution in [0.25, 0.3) is 0 Å². The lowest BCUT2D eigenvalue weighted by Crippen LogP contribution is -2.44. The van der Waals surface area contributed by atoms with E-state index in [4.69, 9.17) is 9.47 Å². The first-order chi connectivity index (χ1) is 23.5. The first-order valence-corrected chi connectivity index (χ1v) is 17.9. The molecular weight excluding hydrogens is 646 g/mol. The first kappa shape index (κ1) is 34.3. The third-order valence-corrected chi connectivity index (χ3v) is 12.0. The zero-order valence-corrected chi connectivity index (χ0v) is 29.1. The Labute approximate surface area is 287 Å². The zero-order chi connectivity index (χ0) is 34.8. The second-order valence-corrected chi connectivity index (χ2v) is 14.9. The van der Waals surface area contributed by atoms with Gasteiger partial charge in [0.15, 0.2) is 0 Å². The van der Waals surface area contributed by atoms with Gasteiger partial charge in [0.2, 0.25) is 15.9 Å². The van der Waals surface area contributed by atoms with Gasteiger partial charge in [-0.3, -0.25) is 4.79 Å². The van der Waals surface area contributed by atoms with Crippen molar-refractivity contribution in [1.82, 2.24) is 19.2 Å². The maximum absolute atomic E-state index is 14.1. The first-order valence-electron chi connectivity index (χ1n) is 16.4. The molecule has 49 heavy (non-hydrogen) atoms. The van der Waals surface area contributed by atoms with Crippen LogP contribution < -0.4 is 14.4 Å². The number of carbonyl (C=O) groups is 1. The van der Waals surface area contributed by atoms with Crippen LogP contribution in [0.5, 0.6) is 11.8 Å². The third-order valence-electron chi connectivity index (χ3n) is 9.85. The molecule has 2 saturated heterocycles. The lowest BCUT2D eigenvalue weighted by Gasteiger charge is -2.38. The Morgan fingerprint density at radius 2 is 1.61 bits per heavy atom. The van der Waals surface area contributed by atoms with E-state index in [-0.39, 0.29) is 29.2 Å². The highest BCUT2D eigenvalue weighted by atomic mass is 32.2. The van der Waals surface area contributed by atoms with Crippen LogP contribution in [0.1, 0.15) is 47.6 Å². The molecule has 3 heterocycles. The molecule has 1 atom stereocenters. The zero-order valence-electron chi connectivity index (χ0n) is 28.3. The SMILES string of the molecule is COc1cc(C)c(S(=O)(=O)N(C)C(COc2nccc(N3CCC4(CCN(Cc5ccc(F)cc5)C4=O)CC3)n2)c2ccccc2)c(C)c1. The normalized spacial score (nSPS) is 16.7. The third kappa shape index (κ3) is 7.11. The number of rotatable bonds is 11. The molecule has 0 N–H and O–H groups in total. The van der Waals surface area contributed by atoms with E-state index in [0.717, 1.165) is 17.5 Å². The van der Waals surface area contributed by atoms with Crippen molar-refractivity contribution in [3.8, 4) is 11.8 Å². The molecule has 0 radical (unpaired) electrons. The second-order valence-electron chi connectivity index (χ2n) is 12.9. The summed E-state index contributed by atoms with van der Waals surface area (Å²) in [5.74, 6) is 1.16. The molecule has 0 saturated carbocycles. The van der Waals surface area contributed by atoms with Gasteiger partial charge in [-0.2, -0.15) is 9.29 Å². The molecule has 3 aromatic carbocycles. The molecule has 1 spiro atoms. The van der Waals surface area contributed by atoms with Gasteiger partial charge >= 0.3 is 6.01 Å². The van der Waals surface area contributed by atoms with E-state index in [9.17, 15) is 17.6 Å². The molecule has 1 amide bonds. The lowest BCUT2D eigenvalue weighted by atomic mass is 9.77. The fraction of sp³-hybridized carbons (Fsp3) is 0.378. The van der Waals surface area contributed by atoms with Gasteiger partial charge in [-0.1, -0.05) is 42.5 Å². The van der Waals surface area contributed by atoms with Crippen molar-refractivity contribution in [3.05, 3.63) is 107 Å². The van der Waals surface area contributed by atoms with Crippen molar-refractivity contribution in [1.29, 1.82) is 0 Å². The Morgan fingerprint density at radius 3 is 2.27 bits per heavy atom. The molecule has 2 aliphatic heterocycles. The van der Waals surface area contributed by atoms with E-state index < -0.39 is 21.5 Å². The molecule has 2 aliphatic rings. The number of hydrogen-bond donors (Lipinski definition) is 0. The number of likely N-dealkylation sites (N-methyl/N-ethyl adjacent to an activating group) is 1. The number of piperidine rings is 1. The number of nitrogens with zero attached hydrogens (tertiary/aromatic N) is 5. The predicted molar refractivity (Wildman–Crippen MR) is 184 cm³/mol. The van der Waals surface area contributed by atoms with Crippen molar-refractivity contribution in [3.63, 3.8) is 0 Å². The number of hydrogen-bond acceptors (Lipinski definition) is 8. The van der Waals surface area contributed by atoms with E-state index in [0.29, 0.717) is 61.7 Å². The molecule has 1 aromatic heterocycles. The number of aryl methyl sites for hydroxylation is 2. The van der Waals surface area contributed by atoms with Crippen molar-refractivity contribution >= 4 is 21.7 Å². The van der Waals surface area contributed by atoms with Gasteiger partial charge in [0.1, 0.15) is 24.0 Å². The molecule has 6 rings (SSSR count). The summed E-state index contributed by atoms with van der Waals surface area (Å²) in [5.41, 5.74) is 2.47. The van der Waals surface area contributed by atoms with Gasteiger partial charge < -0.3 is 19.3 Å². The number of ether oxygens (including phenoxy) is 2. The number of aromatic nitrogens is 2. The van der Waals surface area contributed by atoms with Crippen LogP contribution >= 0.6 is 0 Å². The molecule has 12 heteroatoms. The Morgan fingerprint density at radius 1 is 0.959 bits per heavy atom. The van der Waals surface area contributed by atoms with Gasteiger partial charge in [-0.25, -0.2) is 17.8 Å². The van der Waals surface area contributed by atoms with Crippen LogP contribution in [0.3, 0.4) is 0 Å². The van der Waals surface area contributed by atoms with Crippen molar-refractivity contribution in [2.24, 2.45) is 5.41 Å². The average molecular weight is 688 g/mol. The Kier molecular flexibility index (Phi) is 9.89. The topological polar surface area (TPSA) is 105 Å². The summed E-state index contributed by atoms with van der Waals surface area (Å²) in [6, 6.07) is 20.4. The number of benzene rings is 3. The van der Waals surface area contributed by atoms with Crippen LogP contribution in [0.2, 0.25) is 0 Å². The average Bonchev–Trinajstić information content (AvgIpc) is 3.39. The summed E-state index contributed by atoms with van der Waals surface area (Å²) < 4.78 is 54.3. The number of methoxy groups -OCH3 is 1. The molecule has 0 bridgehead atoms. The summed E-state index contributed by atoms with van der Waals surface area (Å²) in [5, 5.41) is 0. The number of halogens is 1. The highest BCUT2D eigenvalue weighted by molar-refractivity contribution is 7.89. The van der Waals surface area contributed by atoms with E-state index in [1.165, 1.54) is 16.4 Å². The minimum atomic E-state index is -3.94. The molecular formula is C37H42FN5O5S. The Bertz CT molecular complexity index is 1880. The van der Waals surface area contributed by atoms with Crippen LogP contribution in [0.15, 0.2) is 83.9 Å². The van der Waals surface area contributed by atoms with Crippen LogP contribution in [0.4, 0.5) is 10.2 Å². The highest BCUT2D eigenvalue weighted by Gasteiger charge is 2.48. The smallest absolute Gasteiger partial charge is 0.318 e. The lowest BCUT2D eigenvalue weighted by molar-refractivity contribution is -0.137. The second kappa shape index (κ2) is 14.1. The molecule has 10 nitrogen and oxygen atoms in total. The van der Waals surface area contributed by atoms with E-state index >= 15 is 0 Å². The molecule has 2 fully saturated rings. The quantitative estimate of drug-likeness (QED) is 0.198. The highest BCUT2D eigenvalue weighted by Crippen LogP contribution is 2.43. The number of anilines is 1. The summed E-state index contributed by atoms with van der Waals surface area (Å²) in [6.45, 7) is 5.99. The van der Waals surface area contributed by atoms with Crippen LogP contribution in [0, 0.1) is 25.1 Å². The maximum atomic E-state index is 14.1. The summed E-state index contributed by atoms with van der Waals surface area (Å²) in [7, 11) is -0.823. The van der Waals surface area contributed by atoms with E-state index in [1.807, 2.05) is 41.3 Å². The largest absolute Gasteiger partial charge is 0.497 e. The monoisotopic (exact) mass is 687 g/mol. The predicted octanol–water partition coefficient (Wildman–Crippen LogP) is 5.70. The minimum Gasteiger partial charge on any atom is -0.497 e. The fourth-order valence-corrected chi connectivity index (χ4v) is 8.78. The van der Waals surface area contributed by atoms with Gasteiger partial charge in [0.05, 0.1) is 23.5 Å². The van der Waals surface area contributed by atoms with Gasteiger partial charge in [-0.15, -0.1) is 0 Å². The van der Waals surface area contributed by atoms with E-state index in [2.05, 4.69) is 14.9 Å². The van der Waals surface area contributed by atoms with Crippen molar-refractivity contribution < 1.29 is 27.1 Å². The maximum Gasteiger partial charge on any atom is 0.318 e. The number of carbonyl (C=O) groups excluding carboxylic acids is 1. The number of sulfonamides is 1. The molecule has 1 unspecified atom stereocenters. The summed E-state index contributed by atoms with van der Waals surface area (Å²) in [6.07, 6.45) is 3.84. The van der Waals surface area contributed by atoms with Crippen molar-refractivity contribution in [2.75, 3.05) is 45.3 Å². The molecule has 258 valence electrons. The van der Waals surface area contributed by atoms with Gasteiger partial charge in [0, 0.05) is 39.4 Å². The molecule has 4 aromatic rings. The van der Waals surface area contributed by atoms with Crippen molar-refractivity contribution in [2.45, 2.75) is 50.6 Å².